The predicted molar refractivity (Wildman–Crippen MR) is 61.9 cm³/mol. The van der Waals surface area contributed by atoms with Crippen LogP contribution in [0.2, 0.25) is 0 Å². The third kappa shape index (κ3) is 5.19. The molecule has 1 rings (SSSR count). The van der Waals surface area contributed by atoms with Gasteiger partial charge in [0.05, 0.1) is 5.69 Å². The van der Waals surface area contributed by atoms with Crippen molar-refractivity contribution in [1.29, 1.82) is 0 Å². The van der Waals surface area contributed by atoms with Gasteiger partial charge in [0.15, 0.2) is 0 Å². The number of H-pyrrole nitrogens is 1. The van der Waals surface area contributed by atoms with E-state index in [1.165, 1.54) is 0 Å². The van der Waals surface area contributed by atoms with E-state index in [1.807, 2.05) is 39.0 Å². The summed E-state index contributed by atoms with van der Waals surface area (Å²) in [6.07, 6.45) is 4.91. The Balaban J connectivity index is 2.23. The molecule has 0 spiro atoms. The van der Waals surface area contributed by atoms with Crippen molar-refractivity contribution in [3.05, 3.63) is 24.0 Å². The molecular weight excluding hydrogens is 206 g/mol. The van der Waals surface area contributed by atoms with Gasteiger partial charge in [0, 0.05) is 12.7 Å². The third-order valence-corrected chi connectivity index (χ3v) is 1.58. The Morgan fingerprint density at radius 1 is 1.62 bits per heavy atom. The smallest absolute Gasteiger partial charge is 0.407 e. The fourth-order valence-electron chi connectivity index (χ4n) is 1.00. The fraction of sp³-hybridized carbons (Fsp3) is 0.455. The van der Waals surface area contributed by atoms with Crippen LogP contribution in [0.4, 0.5) is 4.79 Å². The van der Waals surface area contributed by atoms with Crippen molar-refractivity contribution in [1.82, 2.24) is 15.5 Å². The Bertz CT molecular complexity index is 350. The molecule has 5 nitrogen and oxygen atoms in total. The zero-order valence-corrected chi connectivity index (χ0v) is 9.78. The second-order valence-electron chi connectivity index (χ2n) is 4.30. The first-order valence-corrected chi connectivity index (χ1v) is 5.10. The molecule has 1 heterocycles. The summed E-state index contributed by atoms with van der Waals surface area (Å²) in [5.41, 5.74) is 0.433. The summed E-state index contributed by atoms with van der Waals surface area (Å²) in [5, 5.41) is 9.20. The largest absolute Gasteiger partial charge is 0.444 e. The van der Waals surface area contributed by atoms with Gasteiger partial charge >= 0.3 is 6.09 Å². The molecular formula is C11H17N3O2. The molecule has 0 saturated carbocycles. The molecule has 0 saturated heterocycles. The highest BCUT2D eigenvalue weighted by Gasteiger charge is 2.14. The van der Waals surface area contributed by atoms with E-state index >= 15 is 0 Å². The van der Waals surface area contributed by atoms with Crippen molar-refractivity contribution in [2.75, 3.05) is 6.54 Å². The van der Waals surface area contributed by atoms with E-state index in [0.29, 0.717) is 6.54 Å². The Labute approximate surface area is 94.9 Å². The van der Waals surface area contributed by atoms with Gasteiger partial charge in [-0.25, -0.2) is 4.79 Å². The van der Waals surface area contributed by atoms with Crippen LogP contribution in [-0.2, 0) is 4.74 Å². The molecule has 5 heteroatoms. The molecule has 0 aliphatic heterocycles. The van der Waals surface area contributed by atoms with E-state index in [2.05, 4.69) is 15.5 Å². The molecule has 0 aliphatic carbocycles. The minimum atomic E-state index is -0.461. The van der Waals surface area contributed by atoms with Crippen LogP contribution in [0.15, 0.2) is 18.3 Å². The Morgan fingerprint density at radius 2 is 2.38 bits per heavy atom. The zero-order chi connectivity index (χ0) is 12.0. The van der Waals surface area contributed by atoms with Crippen molar-refractivity contribution < 1.29 is 9.53 Å². The number of hydrogen-bond acceptors (Lipinski definition) is 3. The zero-order valence-electron chi connectivity index (χ0n) is 9.78. The summed E-state index contributed by atoms with van der Waals surface area (Å²) in [7, 11) is 0. The standard InChI is InChI=1S/C11H17N3O2/c1-11(2,3)16-10(15)12-7-4-5-9-6-8-13-14-9/h4-6,8H,7H2,1-3H3,(H,12,15)(H,13,14). The van der Waals surface area contributed by atoms with Gasteiger partial charge < -0.3 is 10.1 Å². The van der Waals surface area contributed by atoms with E-state index in [0.717, 1.165) is 5.69 Å². The van der Waals surface area contributed by atoms with Crippen LogP contribution in [0.5, 0.6) is 0 Å². The predicted octanol–water partition coefficient (Wildman–Crippen LogP) is 1.95. The van der Waals surface area contributed by atoms with Gasteiger partial charge in [-0.1, -0.05) is 6.08 Å². The monoisotopic (exact) mass is 223 g/mol. The normalized spacial score (nSPS) is 11.7. The van der Waals surface area contributed by atoms with Gasteiger partial charge in [0.25, 0.3) is 0 Å². The van der Waals surface area contributed by atoms with Crippen LogP contribution in [0, 0.1) is 0 Å². The molecule has 0 unspecified atom stereocenters. The van der Waals surface area contributed by atoms with Gasteiger partial charge in [-0.15, -0.1) is 0 Å². The van der Waals surface area contributed by atoms with Gasteiger partial charge in [0.2, 0.25) is 0 Å². The van der Waals surface area contributed by atoms with Crippen molar-refractivity contribution in [2.45, 2.75) is 26.4 Å². The molecule has 1 amide bonds. The van der Waals surface area contributed by atoms with E-state index in [4.69, 9.17) is 4.74 Å². The molecule has 2 N–H and O–H groups in total. The Hall–Kier alpha value is -1.78. The number of nitrogens with zero attached hydrogens (tertiary/aromatic N) is 1. The molecule has 0 aromatic carbocycles. The van der Waals surface area contributed by atoms with E-state index in [9.17, 15) is 4.79 Å². The molecule has 0 fully saturated rings. The number of alkyl carbamates (subject to hydrolysis) is 1. The maximum atomic E-state index is 11.2. The van der Waals surface area contributed by atoms with Gasteiger partial charge in [-0.05, 0) is 32.9 Å². The topological polar surface area (TPSA) is 67.0 Å². The number of aromatic nitrogens is 2. The maximum absolute atomic E-state index is 11.2. The molecule has 0 atom stereocenters. The van der Waals surface area contributed by atoms with Gasteiger partial charge in [-0.2, -0.15) is 5.10 Å². The lowest BCUT2D eigenvalue weighted by atomic mass is 10.2. The van der Waals surface area contributed by atoms with Crippen LogP contribution < -0.4 is 5.32 Å². The number of nitrogens with one attached hydrogen (secondary N) is 2. The third-order valence-electron chi connectivity index (χ3n) is 1.58. The van der Waals surface area contributed by atoms with Crippen molar-refractivity contribution in [3.8, 4) is 0 Å². The fourth-order valence-corrected chi connectivity index (χ4v) is 1.00. The van der Waals surface area contributed by atoms with Gasteiger partial charge in [-0.3, -0.25) is 5.10 Å². The van der Waals surface area contributed by atoms with Crippen LogP contribution in [-0.4, -0.2) is 28.4 Å². The van der Waals surface area contributed by atoms with Gasteiger partial charge in [0.1, 0.15) is 5.60 Å². The first-order valence-electron chi connectivity index (χ1n) is 5.10. The van der Waals surface area contributed by atoms with Crippen LogP contribution >= 0.6 is 0 Å². The molecule has 88 valence electrons. The number of hydrogen-bond donors (Lipinski definition) is 2. The molecule has 0 radical (unpaired) electrons. The summed E-state index contributed by atoms with van der Waals surface area (Å²) in [6.45, 7) is 5.90. The minimum absolute atomic E-state index is 0.415. The molecule has 16 heavy (non-hydrogen) atoms. The SMILES string of the molecule is CC(C)(C)OC(=O)NCC=Cc1ccn[nH]1. The van der Waals surface area contributed by atoms with E-state index < -0.39 is 11.7 Å². The van der Waals surface area contributed by atoms with E-state index in [1.54, 1.807) is 6.20 Å². The highest BCUT2D eigenvalue weighted by Crippen LogP contribution is 2.06. The summed E-state index contributed by atoms with van der Waals surface area (Å²) in [4.78, 5) is 11.2. The first-order chi connectivity index (χ1) is 7.47. The molecule has 0 aliphatic rings. The van der Waals surface area contributed by atoms with Crippen LogP contribution in [0.3, 0.4) is 0 Å². The number of rotatable bonds is 3. The summed E-state index contributed by atoms with van der Waals surface area (Å²) < 4.78 is 5.07. The van der Waals surface area contributed by atoms with E-state index in [-0.39, 0.29) is 0 Å². The first kappa shape index (κ1) is 12.3. The average Bonchev–Trinajstić information content (AvgIpc) is 2.62. The van der Waals surface area contributed by atoms with Crippen LogP contribution in [0.1, 0.15) is 26.5 Å². The summed E-state index contributed by atoms with van der Waals surface area (Å²) >= 11 is 0. The lowest BCUT2D eigenvalue weighted by Gasteiger charge is -2.19. The number of amides is 1. The highest BCUT2D eigenvalue weighted by atomic mass is 16.6. The quantitative estimate of drug-likeness (QED) is 0.823. The lowest BCUT2D eigenvalue weighted by molar-refractivity contribution is 0.0534. The molecule has 1 aromatic rings. The van der Waals surface area contributed by atoms with Crippen LogP contribution in [0.25, 0.3) is 6.08 Å². The molecule has 1 aromatic heterocycles. The number of ether oxygens (including phenoxy) is 1. The second kappa shape index (κ2) is 5.34. The van der Waals surface area contributed by atoms with Crippen molar-refractivity contribution in [3.63, 3.8) is 0 Å². The Morgan fingerprint density at radius 3 is 2.94 bits per heavy atom. The maximum Gasteiger partial charge on any atom is 0.407 e. The number of aromatic amines is 1. The minimum Gasteiger partial charge on any atom is -0.444 e. The summed E-state index contributed by atoms with van der Waals surface area (Å²) in [6, 6.07) is 1.84. The Kier molecular flexibility index (Phi) is 4.10. The van der Waals surface area contributed by atoms with Crippen molar-refractivity contribution >= 4 is 12.2 Å². The second-order valence-corrected chi connectivity index (χ2v) is 4.30. The number of carbonyl (C=O) groups is 1. The summed E-state index contributed by atoms with van der Waals surface area (Å²) in [5.74, 6) is 0. The average molecular weight is 223 g/mol. The van der Waals surface area contributed by atoms with Crippen molar-refractivity contribution in [2.24, 2.45) is 0 Å². The number of carbonyl (C=O) groups excluding carboxylic acids is 1. The highest BCUT2D eigenvalue weighted by molar-refractivity contribution is 5.68. The lowest BCUT2D eigenvalue weighted by Crippen LogP contribution is -2.32. The molecule has 0 bridgehead atoms.